The minimum atomic E-state index is -0.299. The molecule has 1 heterocycles. The van der Waals surface area contributed by atoms with Crippen molar-refractivity contribution in [1.29, 1.82) is 0 Å². The summed E-state index contributed by atoms with van der Waals surface area (Å²) < 4.78 is 18.4. The molecule has 1 aromatic rings. The molecule has 0 amide bonds. The Hall–Kier alpha value is -0.900. The van der Waals surface area contributed by atoms with E-state index in [-0.39, 0.29) is 18.0 Å². The molecule has 3 heteroatoms. The van der Waals surface area contributed by atoms with Crippen LogP contribution in [-0.4, -0.2) is 24.6 Å². The van der Waals surface area contributed by atoms with Gasteiger partial charge in [0.2, 0.25) is 0 Å². The quantitative estimate of drug-likeness (QED) is 0.818. The highest BCUT2D eigenvalue weighted by Crippen LogP contribution is 2.39. The van der Waals surface area contributed by atoms with E-state index in [0.29, 0.717) is 13.2 Å². The molecule has 0 unspecified atom stereocenters. The maximum absolute atomic E-state index is 6.28. The summed E-state index contributed by atoms with van der Waals surface area (Å²) in [6.45, 7) is 3.48. The zero-order valence-corrected chi connectivity index (χ0v) is 12.9. The van der Waals surface area contributed by atoms with Crippen molar-refractivity contribution >= 4 is 0 Å². The van der Waals surface area contributed by atoms with Crippen LogP contribution in [0.4, 0.5) is 0 Å². The first-order valence-electron chi connectivity index (χ1n) is 8.29. The third-order valence-electron chi connectivity index (χ3n) is 4.62. The summed E-state index contributed by atoms with van der Waals surface area (Å²) in [4.78, 5) is 0. The van der Waals surface area contributed by atoms with Crippen molar-refractivity contribution in [3.63, 3.8) is 0 Å². The second kappa shape index (κ2) is 6.91. The highest BCUT2D eigenvalue weighted by atomic mass is 16.8. The summed E-state index contributed by atoms with van der Waals surface area (Å²) in [6.07, 6.45) is 6.97. The Balaban J connectivity index is 1.54. The Morgan fingerprint density at radius 3 is 2.67 bits per heavy atom. The van der Waals surface area contributed by atoms with Gasteiger partial charge in [0.25, 0.3) is 0 Å². The molecule has 0 N–H and O–H groups in total. The molecular formula is C18H26O3. The smallest absolute Gasteiger partial charge is 0.169 e. The first-order chi connectivity index (χ1) is 10.3. The van der Waals surface area contributed by atoms with Crippen LogP contribution in [0.2, 0.25) is 0 Å². The van der Waals surface area contributed by atoms with Crippen LogP contribution >= 0.6 is 0 Å². The van der Waals surface area contributed by atoms with Crippen LogP contribution in [0.25, 0.3) is 0 Å². The zero-order valence-electron chi connectivity index (χ0n) is 12.9. The second-order valence-corrected chi connectivity index (χ2v) is 6.18. The fourth-order valence-corrected chi connectivity index (χ4v) is 3.38. The predicted molar refractivity (Wildman–Crippen MR) is 82.0 cm³/mol. The lowest BCUT2D eigenvalue weighted by atomic mass is 9.94. The van der Waals surface area contributed by atoms with Gasteiger partial charge in [0, 0.05) is 12.8 Å². The fourth-order valence-electron chi connectivity index (χ4n) is 3.38. The van der Waals surface area contributed by atoms with Gasteiger partial charge in [-0.3, -0.25) is 0 Å². The van der Waals surface area contributed by atoms with E-state index in [1.54, 1.807) is 0 Å². The van der Waals surface area contributed by atoms with Gasteiger partial charge in [-0.2, -0.15) is 0 Å². The number of rotatable bonds is 5. The fraction of sp³-hybridized carbons (Fsp3) is 0.667. The summed E-state index contributed by atoms with van der Waals surface area (Å²) in [5.74, 6) is -0.299. The monoisotopic (exact) mass is 290 g/mol. The Kier molecular flexibility index (Phi) is 4.94. The molecule has 2 aliphatic rings. The van der Waals surface area contributed by atoms with Crippen LogP contribution in [-0.2, 0) is 20.8 Å². The third-order valence-corrected chi connectivity index (χ3v) is 4.62. The Morgan fingerprint density at radius 1 is 1.19 bits per heavy atom. The average molecular weight is 290 g/mol. The van der Waals surface area contributed by atoms with Crippen molar-refractivity contribution in [2.45, 2.75) is 70.1 Å². The Labute approximate surface area is 127 Å². The van der Waals surface area contributed by atoms with Gasteiger partial charge in [-0.15, -0.1) is 0 Å². The molecule has 1 aliphatic heterocycles. The normalized spacial score (nSPS) is 26.0. The summed E-state index contributed by atoms with van der Waals surface area (Å²) in [6, 6.07) is 10.3. The standard InChI is InChI=1S/C18H26O3/c1-2-16(19-13-15-9-5-3-6-10-15)17-14-20-18(21-17)11-7-4-8-12-18/h3,5-6,9-10,16-17H,2,4,7-8,11-14H2,1H3/t16-,17-/m1/s1. The van der Waals surface area contributed by atoms with Crippen LogP contribution in [0.1, 0.15) is 51.0 Å². The van der Waals surface area contributed by atoms with E-state index in [1.165, 1.54) is 24.8 Å². The molecule has 116 valence electrons. The number of benzene rings is 1. The van der Waals surface area contributed by atoms with Crippen molar-refractivity contribution in [3.05, 3.63) is 35.9 Å². The SMILES string of the molecule is CC[C@@H](OCc1ccccc1)[C@H]1COC2(CCCCC2)O1. The molecule has 1 saturated carbocycles. The first-order valence-corrected chi connectivity index (χ1v) is 8.29. The molecule has 1 saturated heterocycles. The zero-order chi connectivity index (χ0) is 14.5. The molecule has 1 aliphatic carbocycles. The number of ether oxygens (including phenoxy) is 3. The van der Waals surface area contributed by atoms with E-state index in [0.717, 1.165) is 19.3 Å². The largest absolute Gasteiger partial charge is 0.371 e. The highest BCUT2D eigenvalue weighted by molar-refractivity contribution is 5.13. The van der Waals surface area contributed by atoms with E-state index in [2.05, 4.69) is 19.1 Å². The summed E-state index contributed by atoms with van der Waals surface area (Å²) in [7, 11) is 0. The average Bonchev–Trinajstić information content (AvgIpc) is 2.93. The highest BCUT2D eigenvalue weighted by Gasteiger charge is 2.44. The number of hydrogen-bond acceptors (Lipinski definition) is 3. The van der Waals surface area contributed by atoms with Crippen molar-refractivity contribution in [3.8, 4) is 0 Å². The summed E-state index contributed by atoms with van der Waals surface area (Å²) >= 11 is 0. The van der Waals surface area contributed by atoms with Crippen molar-refractivity contribution < 1.29 is 14.2 Å². The van der Waals surface area contributed by atoms with Gasteiger partial charge in [-0.1, -0.05) is 43.7 Å². The maximum Gasteiger partial charge on any atom is 0.169 e. The van der Waals surface area contributed by atoms with E-state index >= 15 is 0 Å². The van der Waals surface area contributed by atoms with Gasteiger partial charge in [0.1, 0.15) is 6.10 Å². The third kappa shape index (κ3) is 3.65. The van der Waals surface area contributed by atoms with Crippen molar-refractivity contribution in [1.82, 2.24) is 0 Å². The van der Waals surface area contributed by atoms with Crippen LogP contribution in [0, 0.1) is 0 Å². The van der Waals surface area contributed by atoms with E-state index in [1.807, 2.05) is 18.2 Å². The molecule has 3 rings (SSSR count). The topological polar surface area (TPSA) is 27.7 Å². The second-order valence-electron chi connectivity index (χ2n) is 6.18. The summed E-state index contributed by atoms with van der Waals surface area (Å²) in [5, 5.41) is 0. The van der Waals surface area contributed by atoms with Gasteiger partial charge in [-0.25, -0.2) is 0 Å². The van der Waals surface area contributed by atoms with Crippen LogP contribution < -0.4 is 0 Å². The lowest BCUT2D eigenvalue weighted by Gasteiger charge is -2.32. The van der Waals surface area contributed by atoms with E-state index in [4.69, 9.17) is 14.2 Å². The molecule has 3 nitrogen and oxygen atoms in total. The van der Waals surface area contributed by atoms with Crippen LogP contribution in [0.15, 0.2) is 30.3 Å². The van der Waals surface area contributed by atoms with Crippen LogP contribution in [0.5, 0.6) is 0 Å². The first kappa shape index (κ1) is 15.0. The van der Waals surface area contributed by atoms with Gasteiger partial charge in [-0.05, 0) is 24.8 Å². The van der Waals surface area contributed by atoms with Crippen molar-refractivity contribution in [2.75, 3.05) is 6.61 Å². The van der Waals surface area contributed by atoms with Crippen molar-refractivity contribution in [2.24, 2.45) is 0 Å². The number of hydrogen-bond donors (Lipinski definition) is 0. The van der Waals surface area contributed by atoms with Crippen LogP contribution in [0.3, 0.4) is 0 Å². The molecule has 2 atom stereocenters. The molecule has 1 aromatic carbocycles. The van der Waals surface area contributed by atoms with Gasteiger partial charge in [0.15, 0.2) is 5.79 Å². The Bertz CT molecular complexity index is 425. The molecular weight excluding hydrogens is 264 g/mol. The molecule has 1 spiro atoms. The van der Waals surface area contributed by atoms with Gasteiger partial charge < -0.3 is 14.2 Å². The molecule has 0 bridgehead atoms. The summed E-state index contributed by atoms with van der Waals surface area (Å²) in [5.41, 5.74) is 1.21. The molecule has 2 fully saturated rings. The predicted octanol–water partition coefficient (Wildman–Crippen LogP) is 4.06. The van der Waals surface area contributed by atoms with E-state index in [9.17, 15) is 0 Å². The molecule has 21 heavy (non-hydrogen) atoms. The lowest BCUT2D eigenvalue weighted by Crippen LogP contribution is -2.36. The molecule has 0 aromatic heterocycles. The van der Waals surface area contributed by atoms with Gasteiger partial charge >= 0.3 is 0 Å². The Morgan fingerprint density at radius 2 is 1.95 bits per heavy atom. The maximum atomic E-state index is 6.28. The molecule has 0 radical (unpaired) electrons. The van der Waals surface area contributed by atoms with E-state index < -0.39 is 0 Å². The lowest BCUT2D eigenvalue weighted by molar-refractivity contribution is -0.199. The minimum absolute atomic E-state index is 0.0804. The van der Waals surface area contributed by atoms with Gasteiger partial charge in [0.05, 0.1) is 19.3 Å². The minimum Gasteiger partial charge on any atom is -0.371 e.